The van der Waals surface area contributed by atoms with Crippen molar-refractivity contribution in [2.75, 3.05) is 0 Å². The van der Waals surface area contributed by atoms with Gasteiger partial charge in [0, 0.05) is 18.1 Å². The van der Waals surface area contributed by atoms with Crippen molar-refractivity contribution in [1.29, 1.82) is 0 Å². The number of nitrogens with zero attached hydrogens (tertiary/aromatic N) is 6. The monoisotopic (exact) mass is 282 g/mol. The lowest BCUT2D eigenvalue weighted by Gasteiger charge is -2.00. The fourth-order valence-corrected chi connectivity index (χ4v) is 2.54. The van der Waals surface area contributed by atoms with E-state index in [2.05, 4.69) is 20.4 Å². The fourth-order valence-electron chi connectivity index (χ4n) is 1.58. The van der Waals surface area contributed by atoms with Gasteiger partial charge in [0.1, 0.15) is 5.39 Å². The summed E-state index contributed by atoms with van der Waals surface area (Å²) in [7, 11) is 1.71. The van der Waals surface area contributed by atoms with Crippen LogP contribution in [0, 0.1) is 0 Å². The van der Waals surface area contributed by atoms with E-state index in [0.29, 0.717) is 22.0 Å². The Bertz CT molecular complexity index is 775. The van der Waals surface area contributed by atoms with E-state index in [0.717, 1.165) is 4.88 Å². The first-order chi connectivity index (χ1) is 8.65. The number of thiazole rings is 1. The van der Waals surface area contributed by atoms with E-state index in [-0.39, 0.29) is 5.56 Å². The molecule has 0 saturated heterocycles. The van der Waals surface area contributed by atoms with Crippen LogP contribution < -0.4 is 5.56 Å². The van der Waals surface area contributed by atoms with Crippen molar-refractivity contribution in [2.24, 2.45) is 7.05 Å². The topological polar surface area (TPSA) is 78.5 Å². The van der Waals surface area contributed by atoms with E-state index in [9.17, 15) is 4.79 Å². The molecule has 0 aliphatic rings. The minimum absolute atomic E-state index is 0.224. The fraction of sp³-hybridized carbons (Fsp3) is 0.222. The number of hydrogen-bond donors (Lipinski definition) is 0. The lowest BCUT2D eigenvalue weighted by Crippen LogP contribution is -2.24. The molecule has 0 amide bonds. The molecule has 0 aliphatic carbocycles. The highest BCUT2D eigenvalue weighted by Crippen LogP contribution is 2.17. The van der Waals surface area contributed by atoms with E-state index in [4.69, 9.17) is 11.6 Å². The molecule has 18 heavy (non-hydrogen) atoms. The van der Waals surface area contributed by atoms with Crippen molar-refractivity contribution < 1.29 is 0 Å². The van der Waals surface area contributed by atoms with Gasteiger partial charge in [0.25, 0.3) is 5.56 Å². The van der Waals surface area contributed by atoms with Gasteiger partial charge in [0.2, 0.25) is 0 Å². The summed E-state index contributed by atoms with van der Waals surface area (Å²) in [6.45, 7) is 0.307. The predicted molar refractivity (Wildman–Crippen MR) is 66.8 cm³/mol. The Morgan fingerprint density at radius 1 is 1.44 bits per heavy atom. The first kappa shape index (κ1) is 11.3. The maximum atomic E-state index is 12.1. The summed E-state index contributed by atoms with van der Waals surface area (Å²) in [5, 5.41) is 12.3. The summed E-state index contributed by atoms with van der Waals surface area (Å²) in [5.41, 5.74) is 0.246. The Balaban J connectivity index is 2.07. The molecule has 3 rings (SSSR count). The van der Waals surface area contributed by atoms with Crippen LogP contribution in [0.4, 0.5) is 0 Å². The number of hydrogen-bond acceptors (Lipinski definition) is 6. The first-order valence-electron chi connectivity index (χ1n) is 5.01. The maximum absolute atomic E-state index is 12.1. The normalized spacial score (nSPS) is 11.2. The zero-order valence-electron chi connectivity index (χ0n) is 9.24. The smallest absolute Gasteiger partial charge is 0.267 e. The van der Waals surface area contributed by atoms with E-state index >= 15 is 0 Å². The molecule has 0 aromatic carbocycles. The highest BCUT2D eigenvalue weighted by atomic mass is 35.5. The number of fused-ring (bicyclic) bond motifs is 1. The Hall–Kier alpha value is -1.80. The van der Waals surface area contributed by atoms with Crippen LogP contribution in [0.3, 0.4) is 0 Å². The first-order valence-corrected chi connectivity index (χ1v) is 6.20. The molecular formula is C9H7ClN6OS. The molecule has 7 nitrogen and oxygen atoms in total. The van der Waals surface area contributed by atoms with Crippen molar-refractivity contribution in [1.82, 2.24) is 29.8 Å². The summed E-state index contributed by atoms with van der Waals surface area (Å²) in [4.78, 5) is 16.9. The summed E-state index contributed by atoms with van der Waals surface area (Å²) in [5.74, 6) is 0. The Labute approximate surface area is 110 Å². The molecule has 0 spiro atoms. The summed E-state index contributed by atoms with van der Waals surface area (Å²) in [6, 6.07) is 0. The Kier molecular flexibility index (Phi) is 2.60. The van der Waals surface area contributed by atoms with Gasteiger partial charge in [-0.1, -0.05) is 16.8 Å². The standard InChI is InChI=1S/C9H7ClN6OS/c1-15-7-6(3-12-15)8(17)16(14-13-7)4-5-2-11-9(10)18-5/h2-3H,4H2,1H3. The van der Waals surface area contributed by atoms with Crippen molar-refractivity contribution >= 4 is 34.0 Å². The zero-order valence-corrected chi connectivity index (χ0v) is 10.8. The molecule has 9 heteroatoms. The molecule has 0 atom stereocenters. The molecule has 0 bridgehead atoms. The molecule has 3 heterocycles. The molecule has 0 aliphatic heterocycles. The molecule has 92 valence electrons. The number of aryl methyl sites for hydroxylation is 1. The van der Waals surface area contributed by atoms with Crippen LogP contribution in [0.1, 0.15) is 4.88 Å². The van der Waals surface area contributed by atoms with Crippen LogP contribution in [0.15, 0.2) is 17.2 Å². The Morgan fingerprint density at radius 2 is 2.28 bits per heavy atom. The number of rotatable bonds is 2. The van der Waals surface area contributed by atoms with Crippen molar-refractivity contribution in [3.8, 4) is 0 Å². The average molecular weight is 283 g/mol. The predicted octanol–water partition coefficient (Wildman–Crippen LogP) is 0.683. The van der Waals surface area contributed by atoms with Gasteiger partial charge in [-0.15, -0.1) is 16.4 Å². The van der Waals surface area contributed by atoms with Gasteiger partial charge < -0.3 is 0 Å². The van der Waals surface area contributed by atoms with Gasteiger partial charge in [0.05, 0.1) is 12.7 Å². The van der Waals surface area contributed by atoms with E-state index in [1.807, 2.05) is 0 Å². The summed E-state index contributed by atoms with van der Waals surface area (Å²) < 4.78 is 3.22. The van der Waals surface area contributed by atoms with E-state index in [1.54, 1.807) is 13.2 Å². The van der Waals surface area contributed by atoms with Gasteiger partial charge in [-0.25, -0.2) is 14.3 Å². The number of halogens is 1. The third-order valence-corrected chi connectivity index (χ3v) is 3.55. The van der Waals surface area contributed by atoms with E-state index < -0.39 is 0 Å². The minimum Gasteiger partial charge on any atom is -0.267 e. The van der Waals surface area contributed by atoms with Gasteiger partial charge >= 0.3 is 0 Å². The summed E-state index contributed by atoms with van der Waals surface area (Å²) in [6.07, 6.45) is 3.11. The van der Waals surface area contributed by atoms with Crippen molar-refractivity contribution in [3.05, 3.63) is 32.1 Å². The maximum Gasteiger partial charge on any atom is 0.281 e. The SMILES string of the molecule is Cn1ncc2c(=O)n(Cc3cnc(Cl)s3)nnc21. The van der Waals surface area contributed by atoms with Gasteiger partial charge in [-0.05, 0) is 0 Å². The second-order valence-electron chi connectivity index (χ2n) is 3.64. The molecule has 0 unspecified atom stereocenters. The van der Waals surface area contributed by atoms with Crippen LogP contribution in [-0.4, -0.2) is 29.8 Å². The van der Waals surface area contributed by atoms with Crippen LogP contribution in [0.5, 0.6) is 0 Å². The zero-order chi connectivity index (χ0) is 12.7. The third-order valence-electron chi connectivity index (χ3n) is 2.45. The highest BCUT2D eigenvalue weighted by Gasteiger charge is 2.10. The summed E-state index contributed by atoms with van der Waals surface area (Å²) >= 11 is 7.04. The lowest BCUT2D eigenvalue weighted by molar-refractivity contribution is 0.599. The van der Waals surface area contributed by atoms with Crippen LogP contribution in [0.25, 0.3) is 11.0 Å². The largest absolute Gasteiger partial charge is 0.281 e. The molecule has 0 saturated carbocycles. The van der Waals surface area contributed by atoms with Crippen LogP contribution in [0.2, 0.25) is 4.47 Å². The average Bonchev–Trinajstić information content (AvgIpc) is 2.91. The molecule has 0 radical (unpaired) electrons. The quantitative estimate of drug-likeness (QED) is 0.691. The highest BCUT2D eigenvalue weighted by molar-refractivity contribution is 7.15. The van der Waals surface area contributed by atoms with Gasteiger partial charge in [0.15, 0.2) is 10.1 Å². The van der Waals surface area contributed by atoms with Crippen LogP contribution >= 0.6 is 22.9 Å². The van der Waals surface area contributed by atoms with Crippen LogP contribution in [-0.2, 0) is 13.6 Å². The van der Waals surface area contributed by atoms with E-state index in [1.165, 1.54) is 26.9 Å². The molecule has 3 aromatic heterocycles. The second-order valence-corrected chi connectivity index (χ2v) is 5.33. The Morgan fingerprint density at radius 3 is 3.00 bits per heavy atom. The second kappa shape index (κ2) is 4.14. The molecule has 0 fully saturated rings. The third kappa shape index (κ3) is 1.79. The number of aromatic nitrogens is 6. The lowest BCUT2D eigenvalue weighted by atomic mass is 10.4. The van der Waals surface area contributed by atoms with Gasteiger partial charge in [-0.3, -0.25) is 4.79 Å². The molecule has 3 aromatic rings. The van der Waals surface area contributed by atoms with Crippen molar-refractivity contribution in [2.45, 2.75) is 6.54 Å². The van der Waals surface area contributed by atoms with Crippen molar-refractivity contribution in [3.63, 3.8) is 0 Å². The minimum atomic E-state index is -0.224. The molecule has 0 N–H and O–H groups in total. The van der Waals surface area contributed by atoms with Gasteiger partial charge in [-0.2, -0.15) is 5.10 Å². The molecular weight excluding hydrogens is 276 g/mol.